The van der Waals surface area contributed by atoms with Crippen LogP contribution in [0.5, 0.6) is 11.5 Å². The standard InChI is InChI=1S/C25H34N4O2/c1-4-15-31-24-12-7-6-9-21(24)18-28-25(26-5-2)27-17-20-13-14-29(19-20)22-10-8-11-23(16-22)30-3/h4,6-12,16,20H,1,5,13-15,17-19H2,2-3H3,(H2,26,27,28). The lowest BCUT2D eigenvalue weighted by Crippen LogP contribution is -2.40. The molecule has 6 heteroatoms. The van der Waals surface area contributed by atoms with Crippen LogP contribution in [0.3, 0.4) is 0 Å². The number of nitrogens with one attached hydrogen (secondary N) is 2. The summed E-state index contributed by atoms with van der Waals surface area (Å²) in [5, 5.41) is 6.87. The van der Waals surface area contributed by atoms with E-state index in [1.165, 1.54) is 5.69 Å². The highest BCUT2D eigenvalue weighted by Gasteiger charge is 2.23. The molecule has 6 nitrogen and oxygen atoms in total. The molecule has 1 fully saturated rings. The number of para-hydroxylation sites is 1. The average Bonchev–Trinajstić information content (AvgIpc) is 3.29. The van der Waals surface area contributed by atoms with E-state index in [0.717, 1.165) is 55.6 Å². The van der Waals surface area contributed by atoms with Gasteiger partial charge in [-0.3, -0.25) is 0 Å². The summed E-state index contributed by atoms with van der Waals surface area (Å²) in [4.78, 5) is 7.19. The van der Waals surface area contributed by atoms with Gasteiger partial charge in [0, 0.05) is 43.5 Å². The maximum absolute atomic E-state index is 5.75. The van der Waals surface area contributed by atoms with Gasteiger partial charge >= 0.3 is 0 Å². The number of aliphatic imine (C=N–C) groups is 1. The number of guanidine groups is 1. The van der Waals surface area contributed by atoms with Crippen LogP contribution in [0.2, 0.25) is 0 Å². The molecule has 0 saturated carbocycles. The fourth-order valence-electron chi connectivity index (χ4n) is 3.71. The number of anilines is 1. The Bertz CT molecular complexity index is 868. The van der Waals surface area contributed by atoms with Crippen LogP contribution in [0.25, 0.3) is 0 Å². The van der Waals surface area contributed by atoms with E-state index in [1.807, 2.05) is 30.3 Å². The third-order valence-corrected chi connectivity index (χ3v) is 5.34. The summed E-state index contributed by atoms with van der Waals surface area (Å²) in [5.74, 6) is 3.16. The molecule has 166 valence electrons. The molecule has 0 amide bonds. The van der Waals surface area contributed by atoms with E-state index in [1.54, 1.807) is 13.2 Å². The summed E-state index contributed by atoms with van der Waals surface area (Å²) in [6.07, 6.45) is 2.91. The van der Waals surface area contributed by atoms with Crippen molar-refractivity contribution in [1.29, 1.82) is 0 Å². The van der Waals surface area contributed by atoms with Crippen molar-refractivity contribution >= 4 is 11.6 Å². The average molecular weight is 423 g/mol. The summed E-state index contributed by atoms with van der Waals surface area (Å²) in [6.45, 7) is 10.6. The summed E-state index contributed by atoms with van der Waals surface area (Å²) in [5.41, 5.74) is 2.28. The number of rotatable bonds is 10. The molecule has 1 unspecified atom stereocenters. The molecule has 0 radical (unpaired) electrons. The van der Waals surface area contributed by atoms with Gasteiger partial charge in [-0.2, -0.15) is 0 Å². The van der Waals surface area contributed by atoms with Gasteiger partial charge in [0.2, 0.25) is 0 Å². The molecule has 2 aromatic rings. The molecule has 0 aliphatic carbocycles. The summed E-state index contributed by atoms with van der Waals surface area (Å²) in [6, 6.07) is 16.3. The molecule has 0 bridgehead atoms. The molecule has 1 heterocycles. The second kappa shape index (κ2) is 11.9. The summed E-state index contributed by atoms with van der Waals surface area (Å²) in [7, 11) is 1.71. The first-order chi connectivity index (χ1) is 15.2. The lowest BCUT2D eigenvalue weighted by Gasteiger charge is -2.20. The molecule has 1 saturated heterocycles. The van der Waals surface area contributed by atoms with Crippen LogP contribution < -0.4 is 25.0 Å². The minimum atomic E-state index is 0.491. The number of benzene rings is 2. The smallest absolute Gasteiger partial charge is 0.191 e. The van der Waals surface area contributed by atoms with E-state index in [4.69, 9.17) is 14.5 Å². The zero-order chi connectivity index (χ0) is 21.9. The van der Waals surface area contributed by atoms with Crippen molar-refractivity contribution in [1.82, 2.24) is 10.6 Å². The van der Waals surface area contributed by atoms with E-state index in [-0.39, 0.29) is 0 Å². The van der Waals surface area contributed by atoms with Gasteiger partial charge in [-0.25, -0.2) is 4.99 Å². The topological polar surface area (TPSA) is 58.1 Å². The van der Waals surface area contributed by atoms with Crippen molar-refractivity contribution in [3.63, 3.8) is 0 Å². The van der Waals surface area contributed by atoms with Gasteiger partial charge in [0.25, 0.3) is 0 Å². The van der Waals surface area contributed by atoms with Crippen LogP contribution in [0.15, 0.2) is 66.2 Å². The van der Waals surface area contributed by atoms with Gasteiger partial charge < -0.3 is 25.0 Å². The van der Waals surface area contributed by atoms with Crippen LogP contribution in [-0.2, 0) is 6.54 Å². The predicted molar refractivity (Wildman–Crippen MR) is 128 cm³/mol. The predicted octanol–water partition coefficient (Wildman–Crippen LogP) is 3.84. The molecule has 2 aromatic carbocycles. The molecule has 3 rings (SSSR count). The van der Waals surface area contributed by atoms with Gasteiger partial charge in [0.15, 0.2) is 5.96 Å². The van der Waals surface area contributed by atoms with Gasteiger partial charge in [0.05, 0.1) is 13.7 Å². The van der Waals surface area contributed by atoms with Crippen molar-refractivity contribution in [3.05, 3.63) is 66.7 Å². The zero-order valence-corrected chi connectivity index (χ0v) is 18.6. The van der Waals surface area contributed by atoms with Gasteiger partial charge in [-0.05, 0) is 37.5 Å². The third kappa shape index (κ3) is 6.67. The molecule has 31 heavy (non-hydrogen) atoms. The molecule has 0 aromatic heterocycles. The fourth-order valence-corrected chi connectivity index (χ4v) is 3.71. The molecular formula is C25H34N4O2. The number of methoxy groups -OCH3 is 1. The van der Waals surface area contributed by atoms with Gasteiger partial charge in [-0.1, -0.05) is 36.9 Å². The van der Waals surface area contributed by atoms with Crippen molar-refractivity contribution in [3.8, 4) is 11.5 Å². The number of hydrogen-bond donors (Lipinski definition) is 2. The second-order valence-electron chi connectivity index (χ2n) is 7.59. The monoisotopic (exact) mass is 422 g/mol. The van der Waals surface area contributed by atoms with E-state index in [2.05, 4.69) is 47.2 Å². The van der Waals surface area contributed by atoms with E-state index < -0.39 is 0 Å². The number of ether oxygens (including phenoxy) is 2. The first-order valence-corrected chi connectivity index (χ1v) is 11.0. The van der Waals surface area contributed by atoms with Crippen molar-refractivity contribution in [2.24, 2.45) is 10.9 Å². The lowest BCUT2D eigenvalue weighted by atomic mass is 10.1. The summed E-state index contributed by atoms with van der Waals surface area (Å²) < 4.78 is 11.1. The Morgan fingerprint density at radius 2 is 2.10 bits per heavy atom. The Morgan fingerprint density at radius 1 is 1.23 bits per heavy atom. The van der Waals surface area contributed by atoms with Crippen molar-refractivity contribution < 1.29 is 9.47 Å². The first-order valence-electron chi connectivity index (χ1n) is 11.0. The van der Waals surface area contributed by atoms with E-state index in [0.29, 0.717) is 19.1 Å². The Kier molecular flexibility index (Phi) is 8.64. The van der Waals surface area contributed by atoms with Crippen molar-refractivity contribution in [2.45, 2.75) is 19.9 Å². The molecule has 1 aliphatic rings. The Hall–Kier alpha value is -3.15. The first kappa shape index (κ1) is 22.5. The molecular weight excluding hydrogens is 388 g/mol. The van der Waals surface area contributed by atoms with Gasteiger partial charge in [0.1, 0.15) is 18.1 Å². The van der Waals surface area contributed by atoms with E-state index >= 15 is 0 Å². The SMILES string of the molecule is C=CCOc1ccccc1CN=C(NCC)NCC1CCN(c2cccc(OC)c2)C1. The quantitative estimate of drug-likeness (QED) is 0.346. The maximum Gasteiger partial charge on any atom is 0.191 e. The second-order valence-corrected chi connectivity index (χ2v) is 7.59. The minimum Gasteiger partial charge on any atom is -0.497 e. The highest BCUT2D eigenvalue weighted by Crippen LogP contribution is 2.26. The lowest BCUT2D eigenvalue weighted by molar-refractivity contribution is 0.359. The number of nitrogens with zero attached hydrogens (tertiary/aromatic N) is 2. The third-order valence-electron chi connectivity index (χ3n) is 5.34. The normalized spacial score (nSPS) is 16.1. The Labute approximate surface area is 186 Å². The van der Waals surface area contributed by atoms with E-state index in [9.17, 15) is 0 Å². The molecule has 2 N–H and O–H groups in total. The van der Waals surface area contributed by atoms with Crippen molar-refractivity contribution in [2.75, 3.05) is 44.8 Å². The van der Waals surface area contributed by atoms with Gasteiger partial charge in [-0.15, -0.1) is 0 Å². The van der Waals surface area contributed by atoms with Crippen LogP contribution >= 0.6 is 0 Å². The van der Waals surface area contributed by atoms with Crippen LogP contribution in [0.4, 0.5) is 5.69 Å². The minimum absolute atomic E-state index is 0.491. The maximum atomic E-state index is 5.75. The molecule has 0 spiro atoms. The van der Waals surface area contributed by atoms with Crippen LogP contribution in [0, 0.1) is 5.92 Å². The van der Waals surface area contributed by atoms with Crippen LogP contribution in [-0.4, -0.2) is 45.9 Å². The highest BCUT2D eigenvalue weighted by atomic mass is 16.5. The highest BCUT2D eigenvalue weighted by molar-refractivity contribution is 5.79. The largest absolute Gasteiger partial charge is 0.497 e. The molecule has 1 atom stereocenters. The number of hydrogen-bond acceptors (Lipinski definition) is 4. The summed E-state index contributed by atoms with van der Waals surface area (Å²) >= 11 is 0. The zero-order valence-electron chi connectivity index (χ0n) is 18.6. The van der Waals surface area contributed by atoms with Crippen LogP contribution in [0.1, 0.15) is 18.9 Å². The Balaban J connectivity index is 1.55. The Morgan fingerprint density at radius 3 is 2.90 bits per heavy atom. The molecule has 1 aliphatic heterocycles. The fraction of sp³-hybridized carbons (Fsp3) is 0.400.